The summed E-state index contributed by atoms with van der Waals surface area (Å²) in [5, 5.41) is 13.5. The first-order valence-electron chi connectivity index (χ1n) is 6.14. The highest BCUT2D eigenvalue weighted by Crippen LogP contribution is 2.17. The molecule has 1 aromatic carbocycles. The van der Waals surface area contributed by atoms with E-state index in [1.165, 1.54) is 23.1 Å². The van der Waals surface area contributed by atoms with Crippen molar-refractivity contribution < 1.29 is 5.11 Å². The fraction of sp³-hybridized carbons (Fsp3) is 0.571. The van der Waals surface area contributed by atoms with Gasteiger partial charge in [-0.3, -0.25) is 0 Å². The lowest BCUT2D eigenvalue weighted by atomic mass is 9.96. The lowest BCUT2D eigenvalue weighted by Crippen LogP contribution is -2.36. The van der Waals surface area contributed by atoms with Crippen LogP contribution in [0.3, 0.4) is 0 Å². The van der Waals surface area contributed by atoms with Crippen LogP contribution >= 0.6 is 0 Å². The Morgan fingerprint density at radius 2 is 2.25 bits per heavy atom. The van der Waals surface area contributed by atoms with Gasteiger partial charge in [0.15, 0.2) is 0 Å². The molecule has 88 valence electrons. The van der Waals surface area contributed by atoms with E-state index in [9.17, 15) is 5.11 Å². The zero-order chi connectivity index (χ0) is 11.5. The third-order valence-electron chi connectivity index (χ3n) is 3.50. The second-order valence-electron chi connectivity index (χ2n) is 4.90. The summed E-state index contributed by atoms with van der Waals surface area (Å²) >= 11 is 0. The summed E-state index contributed by atoms with van der Waals surface area (Å²) in [5.41, 5.74) is 3.83. The average Bonchev–Trinajstić information content (AvgIpc) is 2.76. The molecule has 1 aliphatic rings. The number of rotatable bonds is 3. The molecule has 2 heteroatoms. The van der Waals surface area contributed by atoms with E-state index in [0.29, 0.717) is 6.04 Å². The minimum Gasteiger partial charge on any atom is -0.391 e. The molecular weight excluding hydrogens is 198 g/mol. The molecular formula is C14H21NO. The molecule has 1 heterocycles. The van der Waals surface area contributed by atoms with Crippen molar-refractivity contribution in [2.75, 3.05) is 6.54 Å². The molecule has 1 saturated heterocycles. The van der Waals surface area contributed by atoms with Crippen LogP contribution in [0.15, 0.2) is 18.2 Å². The van der Waals surface area contributed by atoms with Gasteiger partial charge in [-0.25, -0.2) is 0 Å². The molecule has 2 nitrogen and oxygen atoms in total. The Hall–Kier alpha value is -0.860. The topological polar surface area (TPSA) is 32.3 Å². The molecule has 0 aliphatic carbocycles. The molecule has 0 radical (unpaired) electrons. The number of hydrogen-bond donors (Lipinski definition) is 2. The Morgan fingerprint density at radius 3 is 2.94 bits per heavy atom. The number of hydrogen-bond acceptors (Lipinski definition) is 2. The summed E-state index contributed by atoms with van der Waals surface area (Å²) < 4.78 is 0. The molecule has 1 aliphatic heterocycles. The minimum absolute atomic E-state index is 0.247. The highest BCUT2D eigenvalue weighted by Gasteiger charge is 2.22. The summed E-state index contributed by atoms with van der Waals surface area (Å²) in [7, 11) is 0. The molecule has 0 aromatic heterocycles. The second kappa shape index (κ2) is 4.98. The van der Waals surface area contributed by atoms with E-state index in [4.69, 9.17) is 0 Å². The van der Waals surface area contributed by atoms with Crippen LogP contribution in [0.2, 0.25) is 0 Å². The largest absolute Gasteiger partial charge is 0.391 e. The van der Waals surface area contributed by atoms with Crippen LogP contribution < -0.4 is 5.32 Å². The van der Waals surface area contributed by atoms with E-state index < -0.39 is 0 Å². The Labute approximate surface area is 97.7 Å². The van der Waals surface area contributed by atoms with Crippen molar-refractivity contribution >= 4 is 0 Å². The zero-order valence-corrected chi connectivity index (χ0v) is 10.2. The maximum atomic E-state index is 10.2. The smallest absolute Gasteiger partial charge is 0.0733 e. The highest BCUT2D eigenvalue weighted by molar-refractivity contribution is 5.31. The summed E-state index contributed by atoms with van der Waals surface area (Å²) in [5.74, 6) is 0. The second-order valence-corrected chi connectivity index (χ2v) is 4.90. The Balaban J connectivity index is 2.04. The van der Waals surface area contributed by atoms with E-state index >= 15 is 0 Å². The van der Waals surface area contributed by atoms with E-state index in [2.05, 4.69) is 37.4 Å². The molecule has 1 fully saturated rings. The SMILES string of the molecule is Cc1ccc(C)c(CC(O)C2CCCN2)c1. The predicted molar refractivity (Wildman–Crippen MR) is 66.7 cm³/mol. The van der Waals surface area contributed by atoms with Crippen molar-refractivity contribution in [1.82, 2.24) is 5.32 Å². The molecule has 2 rings (SSSR count). The van der Waals surface area contributed by atoms with Crippen LogP contribution in [0.5, 0.6) is 0 Å². The zero-order valence-electron chi connectivity index (χ0n) is 10.2. The molecule has 0 saturated carbocycles. The first kappa shape index (κ1) is 11.6. The third kappa shape index (κ3) is 2.63. The normalized spacial score (nSPS) is 22.3. The summed E-state index contributed by atoms with van der Waals surface area (Å²) in [6.45, 7) is 5.27. The number of aryl methyl sites for hydroxylation is 2. The first-order valence-corrected chi connectivity index (χ1v) is 6.14. The maximum Gasteiger partial charge on any atom is 0.0733 e. The van der Waals surface area contributed by atoms with Crippen molar-refractivity contribution in [3.8, 4) is 0 Å². The van der Waals surface area contributed by atoms with Gasteiger partial charge >= 0.3 is 0 Å². The fourth-order valence-electron chi connectivity index (χ4n) is 2.43. The standard InChI is InChI=1S/C14H21NO/c1-10-5-6-11(2)12(8-10)9-14(16)13-4-3-7-15-13/h5-6,8,13-16H,3-4,7,9H2,1-2H3. The minimum atomic E-state index is -0.247. The van der Waals surface area contributed by atoms with Crippen LogP contribution in [0.1, 0.15) is 29.5 Å². The van der Waals surface area contributed by atoms with Crippen molar-refractivity contribution in [3.63, 3.8) is 0 Å². The number of aliphatic hydroxyl groups excluding tert-OH is 1. The molecule has 2 unspecified atom stereocenters. The maximum absolute atomic E-state index is 10.2. The molecule has 0 spiro atoms. The van der Waals surface area contributed by atoms with Crippen LogP contribution in [-0.2, 0) is 6.42 Å². The van der Waals surface area contributed by atoms with Crippen LogP contribution in [-0.4, -0.2) is 23.8 Å². The van der Waals surface area contributed by atoms with Gasteiger partial charge < -0.3 is 10.4 Å². The van der Waals surface area contributed by atoms with Gasteiger partial charge in [-0.2, -0.15) is 0 Å². The van der Waals surface area contributed by atoms with Crippen LogP contribution in [0.4, 0.5) is 0 Å². The van der Waals surface area contributed by atoms with E-state index in [0.717, 1.165) is 19.4 Å². The molecule has 0 bridgehead atoms. The van der Waals surface area contributed by atoms with Crippen molar-refractivity contribution in [2.45, 2.75) is 45.3 Å². The first-order chi connectivity index (χ1) is 7.66. The fourth-order valence-corrected chi connectivity index (χ4v) is 2.43. The Morgan fingerprint density at radius 1 is 1.44 bits per heavy atom. The van der Waals surface area contributed by atoms with Gasteiger partial charge in [0.25, 0.3) is 0 Å². The Bertz CT molecular complexity index is 356. The Kier molecular flexibility index (Phi) is 3.62. The molecule has 0 amide bonds. The van der Waals surface area contributed by atoms with Gasteiger partial charge in [0.2, 0.25) is 0 Å². The lowest BCUT2D eigenvalue weighted by Gasteiger charge is -2.19. The molecule has 2 N–H and O–H groups in total. The number of nitrogens with one attached hydrogen (secondary N) is 1. The van der Waals surface area contributed by atoms with Crippen LogP contribution in [0, 0.1) is 13.8 Å². The van der Waals surface area contributed by atoms with E-state index in [1.807, 2.05) is 0 Å². The third-order valence-corrected chi connectivity index (χ3v) is 3.50. The van der Waals surface area contributed by atoms with Crippen LogP contribution in [0.25, 0.3) is 0 Å². The van der Waals surface area contributed by atoms with Gasteiger partial charge in [-0.1, -0.05) is 23.8 Å². The van der Waals surface area contributed by atoms with Gasteiger partial charge in [0, 0.05) is 12.5 Å². The van der Waals surface area contributed by atoms with E-state index in [1.54, 1.807) is 0 Å². The monoisotopic (exact) mass is 219 g/mol. The molecule has 16 heavy (non-hydrogen) atoms. The van der Waals surface area contributed by atoms with E-state index in [-0.39, 0.29) is 6.10 Å². The summed E-state index contributed by atoms with van der Waals surface area (Å²) in [6, 6.07) is 6.74. The van der Waals surface area contributed by atoms with Gasteiger partial charge in [-0.05, 0) is 44.4 Å². The highest BCUT2D eigenvalue weighted by atomic mass is 16.3. The number of benzene rings is 1. The van der Waals surface area contributed by atoms with Gasteiger partial charge in [0.1, 0.15) is 0 Å². The van der Waals surface area contributed by atoms with Crippen molar-refractivity contribution in [2.24, 2.45) is 0 Å². The number of aliphatic hydroxyl groups is 1. The predicted octanol–water partition coefficient (Wildman–Crippen LogP) is 1.96. The molecule has 2 atom stereocenters. The summed E-state index contributed by atoms with van der Waals surface area (Å²) in [4.78, 5) is 0. The lowest BCUT2D eigenvalue weighted by molar-refractivity contribution is 0.136. The van der Waals surface area contributed by atoms with Crippen molar-refractivity contribution in [3.05, 3.63) is 34.9 Å². The van der Waals surface area contributed by atoms with Gasteiger partial charge in [0.05, 0.1) is 6.10 Å². The van der Waals surface area contributed by atoms with Crippen molar-refractivity contribution in [1.29, 1.82) is 0 Å². The average molecular weight is 219 g/mol. The molecule has 1 aromatic rings. The van der Waals surface area contributed by atoms with Gasteiger partial charge in [-0.15, -0.1) is 0 Å². The summed E-state index contributed by atoms with van der Waals surface area (Å²) in [6.07, 6.45) is 2.81. The quantitative estimate of drug-likeness (QED) is 0.814.